The molecule has 5 nitrogen and oxygen atoms in total. The van der Waals surface area contributed by atoms with Crippen LogP contribution in [0.3, 0.4) is 0 Å². The summed E-state index contributed by atoms with van der Waals surface area (Å²) in [6.07, 6.45) is 3.69. The van der Waals surface area contributed by atoms with Crippen molar-refractivity contribution in [3.63, 3.8) is 0 Å². The number of rotatable bonds is 5. The molecule has 4 rings (SSSR count). The zero-order chi connectivity index (χ0) is 18.8. The Kier molecular flexibility index (Phi) is 4.96. The van der Waals surface area contributed by atoms with Gasteiger partial charge < -0.3 is 5.32 Å². The molecule has 4 aromatic rings. The van der Waals surface area contributed by atoms with Gasteiger partial charge in [0.1, 0.15) is 0 Å². The maximum atomic E-state index is 12.4. The third-order valence-corrected chi connectivity index (χ3v) is 6.23. The SMILES string of the molecule is Cc1cccc(-n2ccnc2SCC(=O)Nc2nc3ccccc3s2)c1C. The molecule has 0 aliphatic carbocycles. The first kappa shape index (κ1) is 17.8. The van der Waals surface area contributed by atoms with E-state index in [1.165, 1.54) is 34.2 Å². The van der Waals surface area contributed by atoms with Crippen LogP contribution in [0, 0.1) is 13.8 Å². The molecule has 27 heavy (non-hydrogen) atoms. The Hall–Kier alpha value is -2.64. The number of benzene rings is 2. The second kappa shape index (κ2) is 7.54. The number of nitrogens with zero attached hydrogens (tertiary/aromatic N) is 3. The normalized spacial score (nSPS) is 11.0. The number of carbonyl (C=O) groups excluding carboxylic acids is 1. The predicted molar refractivity (Wildman–Crippen MR) is 112 cm³/mol. The fourth-order valence-electron chi connectivity index (χ4n) is 2.79. The van der Waals surface area contributed by atoms with E-state index in [1.54, 1.807) is 6.20 Å². The van der Waals surface area contributed by atoms with E-state index in [2.05, 4.69) is 41.3 Å². The van der Waals surface area contributed by atoms with E-state index in [0.717, 1.165) is 21.1 Å². The number of thioether (sulfide) groups is 1. The molecule has 1 N–H and O–H groups in total. The van der Waals surface area contributed by atoms with Crippen LogP contribution in [0.25, 0.3) is 15.9 Å². The summed E-state index contributed by atoms with van der Waals surface area (Å²) >= 11 is 2.89. The molecule has 0 fully saturated rings. The lowest BCUT2D eigenvalue weighted by Gasteiger charge is -2.12. The minimum absolute atomic E-state index is 0.0884. The van der Waals surface area contributed by atoms with E-state index in [4.69, 9.17) is 0 Å². The highest BCUT2D eigenvalue weighted by molar-refractivity contribution is 7.99. The lowest BCUT2D eigenvalue weighted by atomic mass is 10.1. The Morgan fingerprint density at radius 1 is 1.19 bits per heavy atom. The average molecular weight is 395 g/mol. The van der Waals surface area contributed by atoms with Gasteiger partial charge in [-0.25, -0.2) is 9.97 Å². The van der Waals surface area contributed by atoms with Crippen molar-refractivity contribution in [1.82, 2.24) is 14.5 Å². The first-order valence-electron chi connectivity index (χ1n) is 8.50. The number of imidazole rings is 1. The number of aromatic nitrogens is 3. The zero-order valence-corrected chi connectivity index (χ0v) is 16.6. The van der Waals surface area contributed by atoms with Crippen LogP contribution >= 0.6 is 23.1 Å². The number of carbonyl (C=O) groups is 1. The number of para-hydroxylation sites is 1. The van der Waals surface area contributed by atoms with Gasteiger partial charge in [-0.05, 0) is 43.2 Å². The molecule has 0 bridgehead atoms. The number of nitrogens with one attached hydrogen (secondary N) is 1. The van der Waals surface area contributed by atoms with Crippen LogP contribution in [0.15, 0.2) is 60.0 Å². The number of anilines is 1. The highest BCUT2D eigenvalue weighted by Crippen LogP contribution is 2.27. The van der Waals surface area contributed by atoms with Crippen molar-refractivity contribution < 1.29 is 4.79 Å². The molecule has 0 aliphatic rings. The van der Waals surface area contributed by atoms with Gasteiger partial charge >= 0.3 is 0 Å². The minimum Gasteiger partial charge on any atom is -0.301 e. The molecule has 0 radical (unpaired) electrons. The maximum absolute atomic E-state index is 12.4. The molecule has 0 saturated carbocycles. The molecule has 0 aliphatic heterocycles. The molecule has 2 aromatic carbocycles. The number of thiazole rings is 1. The van der Waals surface area contributed by atoms with Crippen molar-refractivity contribution in [2.24, 2.45) is 0 Å². The summed E-state index contributed by atoms with van der Waals surface area (Å²) in [7, 11) is 0. The van der Waals surface area contributed by atoms with Crippen LogP contribution in [0.4, 0.5) is 5.13 Å². The van der Waals surface area contributed by atoms with Gasteiger partial charge in [-0.2, -0.15) is 0 Å². The Balaban J connectivity index is 1.45. The molecule has 0 spiro atoms. The summed E-state index contributed by atoms with van der Waals surface area (Å²) in [6, 6.07) is 14.0. The minimum atomic E-state index is -0.0884. The van der Waals surface area contributed by atoms with Crippen LogP contribution in [-0.4, -0.2) is 26.2 Å². The highest BCUT2D eigenvalue weighted by atomic mass is 32.2. The molecule has 0 atom stereocenters. The predicted octanol–water partition coefficient (Wildman–Crippen LogP) is 4.83. The lowest BCUT2D eigenvalue weighted by molar-refractivity contribution is -0.113. The van der Waals surface area contributed by atoms with Crippen molar-refractivity contribution in [3.05, 3.63) is 66.0 Å². The van der Waals surface area contributed by atoms with E-state index in [-0.39, 0.29) is 11.7 Å². The number of amides is 1. The highest BCUT2D eigenvalue weighted by Gasteiger charge is 2.12. The number of hydrogen-bond acceptors (Lipinski definition) is 5. The first-order valence-corrected chi connectivity index (χ1v) is 10.3. The quantitative estimate of drug-likeness (QED) is 0.493. The Bertz CT molecular complexity index is 1080. The van der Waals surface area contributed by atoms with Gasteiger partial charge in [0.15, 0.2) is 10.3 Å². The second-order valence-corrected chi connectivity index (χ2v) is 8.10. The molecular weight excluding hydrogens is 376 g/mol. The Morgan fingerprint density at radius 2 is 2.04 bits per heavy atom. The van der Waals surface area contributed by atoms with Crippen molar-refractivity contribution >= 4 is 44.4 Å². The Morgan fingerprint density at radius 3 is 2.89 bits per heavy atom. The summed E-state index contributed by atoms with van der Waals surface area (Å²) in [5.41, 5.74) is 4.42. The van der Waals surface area contributed by atoms with E-state index >= 15 is 0 Å². The van der Waals surface area contributed by atoms with Gasteiger partial charge in [-0.1, -0.05) is 47.4 Å². The average Bonchev–Trinajstić information content (AvgIpc) is 3.28. The van der Waals surface area contributed by atoms with Crippen LogP contribution in [0.5, 0.6) is 0 Å². The third-order valence-electron chi connectivity index (χ3n) is 4.31. The topological polar surface area (TPSA) is 59.8 Å². The first-order chi connectivity index (χ1) is 13.1. The van der Waals surface area contributed by atoms with Crippen LogP contribution < -0.4 is 5.32 Å². The summed E-state index contributed by atoms with van der Waals surface area (Å²) in [5.74, 6) is 0.187. The molecule has 7 heteroatoms. The molecule has 136 valence electrons. The molecule has 2 heterocycles. The van der Waals surface area contributed by atoms with Crippen molar-refractivity contribution in [2.75, 3.05) is 11.1 Å². The summed E-state index contributed by atoms with van der Waals surface area (Å²) in [4.78, 5) is 21.2. The largest absolute Gasteiger partial charge is 0.301 e. The van der Waals surface area contributed by atoms with Crippen molar-refractivity contribution in [2.45, 2.75) is 19.0 Å². The molecule has 2 aromatic heterocycles. The van der Waals surface area contributed by atoms with Gasteiger partial charge in [-0.15, -0.1) is 0 Å². The number of aryl methyl sites for hydroxylation is 1. The molecular formula is C20H18N4OS2. The van der Waals surface area contributed by atoms with Gasteiger partial charge in [-0.3, -0.25) is 9.36 Å². The van der Waals surface area contributed by atoms with E-state index < -0.39 is 0 Å². The van der Waals surface area contributed by atoms with Gasteiger partial charge in [0, 0.05) is 12.4 Å². The monoisotopic (exact) mass is 394 g/mol. The van der Waals surface area contributed by atoms with E-state index in [9.17, 15) is 4.79 Å². The standard InChI is InChI=1S/C20H18N4OS2/c1-13-6-5-8-16(14(13)2)24-11-10-21-20(24)26-12-18(25)23-19-22-15-7-3-4-9-17(15)27-19/h3-11H,12H2,1-2H3,(H,22,23,25). The van der Waals surface area contributed by atoms with Crippen LogP contribution in [-0.2, 0) is 4.79 Å². The third kappa shape index (κ3) is 3.74. The molecule has 1 amide bonds. The van der Waals surface area contributed by atoms with E-state index in [1.807, 2.05) is 41.1 Å². The summed E-state index contributed by atoms with van der Waals surface area (Å²) in [5, 5.41) is 4.30. The van der Waals surface area contributed by atoms with Gasteiger partial charge in [0.05, 0.1) is 21.7 Å². The lowest BCUT2D eigenvalue weighted by Crippen LogP contribution is -2.14. The molecule has 0 saturated heterocycles. The smallest absolute Gasteiger partial charge is 0.236 e. The Labute approximate surface area is 165 Å². The van der Waals surface area contributed by atoms with Crippen LogP contribution in [0.2, 0.25) is 0 Å². The molecule has 0 unspecified atom stereocenters. The number of fused-ring (bicyclic) bond motifs is 1. The zero-order valence-electron chi connectivity index (χ0n) is 15.0. The second-order valence-electron chi connectivity index (χ2n) is 6.12. The summed E-state index contributed by atoms with van der Waals surface area (Å²) in [6.45, 7) is 4.19. The fourth-order valence-corrected chi connectivity index (χ4v) is 4.44. The number of hydrogen-bond donors (Lipinski definition) is 1. The maximum Gasteiger partial charge on any atom is 0.236 e. The fraction of sp³-hybridized carbons (Fsp3) is 0.150. The van der Waals surface area contributed by atoms with Gasteiger partial charge in [0.25, 0.3) is 0 Å². The summed E-state index contributed by atoms with van der Waals surface area (Å²) < 4.78 is 3.09. The van der Waals surface area contributed by atoms with Gasteiger partial charge in [0.2, 0.25) is 5.91 Å². The van der Waals surface area contributed by atoms with Crippen molar-refractivity contribution in [3.8, 4) is 5.69 Å². The van der Waals surface area contributed by atoms with Crippen LogP contribution in [0.1, 0.15) is 11.1 Å². The van der Waals surface area contributed by atoms with E-state index in [0.29, 0.717) is 5.13 Å². The van der Waals surface area contributed by atoms with Crippen molar-refractivity contribution in [1.29, 1.82) is 0 Å².